The Balaban J connectivity index is 1.32. The summed E-state index contributed by atoms with van der Waals surface area (Å²) in [6.07, 6.45) is 4.58. The van der Waals surface area contributed by atoms with Crippen molar-refractivity contribution < 1.29 is 9.47 Å². The Hall–Kier alpha value is -2.85. The van der Waals surface area contributed by atoms with Gasteiger partial charge in [0.15, 0.2) is 0 Å². The van der Waals surface area contributed by atoms with Crippen LogP contribution in [0.3, 0.4) is 0 Å². The van der Waals surface area contributed by atoms with Crippen LogP contribution in [-0.4, -0.2) is 11.6 Å². The minimum Gasteiger partial charge on any atom is -0.493 e. The molecular formula is C22H22N2O2. The maximum absolute atomic E-state index is 5.81. The molecular weight excluding hydrogens is 324 g/mol. The lowest BCUT2D eigenvalue weighted by Crippen LogP contribution is -2.26. The second-order valence-corrected chi connectivity index (χ2v) is 6.40. The maximum Gasteiger partial charge on any atom is 0.124 e. The standard InChI is InChI=1S/C22H22N2O2/c1-2-6-22-20(5-1)21(11-13-25-22)24-15-17-7-9-19(10-8-17)26-16-18-4-3-12-23-14-18/h1-10,12,14,21,24H,11,13,15-16H2. The summed E-state index contributed by atoms with van der Waals surface area (Å²) in [7, 11) is 0. The van der Waals surface area contributed by atoms with E-state index in [1.54, 1.807) is 6.20 Å². The van der Waals surface area contributed by atoms with E-state index in [4.69, 9.17) is 9.47 Å². The van der Waals surface area contributed by atoms with Crippen LogP contribution in [0.2, 0.25) is 0 Å². The normalized spacial score (nSPS) is 15.8. The van der Waals surface area contributed by atoms with E-state index >= 15 is 0 Å². The van der Waals surface area contributed by atoms with E-state index in [1.807, 2.05) is 42.6 Å². The number of benzene rings is 2. The zero-order valence-corrected chi connectivity index (χ0v) is 14.6. The van der Waals surface area contributed by atoms with Crippen molar-refractivity contribution >= 4 is 0 Å². The smallest absolute Gasteiger partial charge is 0.124 e. The molecule has 0 saturated heterocycles. The third-order valence-corrected chi connectivity index (χ3v) is 4.56. The molecule has 4 heteroatoms. The first-order valence-electron chi connectivity index (χ1n) is 8.94. The minimum absolute atomic E-state index is 0.335. The Bertz CT molecular complexity index is 834. The Morgan fingerprint density at radius 2 is 1.88 bits per heavy atom. The van der Waals surface area contributed by atoms with Crippen LogP contribution in [0.15, 0.2) is 73.1 Å². The van der Waals surface area contributed by atoms with Crippen LogP contribution in [0.1, 0.15) is 29.2 Å². The van der Waals surface area contributed by atoms with Gasteiger partial charge >= 0.3 is 0 Å². The minimum atomic E-state index is 0.335. The molecule has 4 nitrogen and oxygen atoms in total. The summed E-state index contributed by atoms with van der Waals surface area (Å²) in [5.74, 6) is 1.87. The van der Waals surface area contributed by atoms with Gasteiger partial charge in [0.1, 0.15) is 18.1 Å². The first kappa shape index (κ1) is 16.6. The quantitative estimate of drug-likeness (QED) is 0.724. The fourth-order valence-corrected chi connectivity index (χ4v) is 3.15. The summed E-state index contributed by atoms with van der Waals surface area (Å²) in [6.45, 7) is 2.11. The number of nitrogens with zero attached hydrogens (tertiary/aromatic N) is 1. The van der Waals surface area contributed by atoms with Crippen molar-refractivity contribution in [2.45, 2.75) is 25.6 Å². The number of hydrogen-bond acceptors (Lipinski definition) is 4. The molecule has 4 rings (SSSR count). The summed E-state index contributed by atoms with van der Waals surface area (Å²) >= 11 is 0. The second kappa shape index (κ2) is 8.02. The number of fused-ring (bicyclic) bond motifs is 1. The Morgan fingerprint density at radius 1 is 1.00 bits per heavy atom. The van der Waals surface area contributed by atoms with Gasteiger partial charge in [0, 0.05) is 42.5 Å². The highest BCUT2D eigenvalue weighted by Crippen LogP contribution is 2.31. The number of nitrogens with one attached hydrogen (secondary N) is 1. The van der Waals surface area contributed by atoms with Crippen molar-refractivity contribution in [1.29, 1.82) is 0 Å². The van der Waals surface area contributed by atoms with Gasteiger partial charge in [-0.05, 0) is 29.8 Å². The molecule has 0 amide bonds. The van der Waals surface area contributed by atoms with Gasteiger partial charge < -0.3 is 14.8 Å². The molecule has 1 aromatic heterocycles. The summed E-state index contributed by atoms with van der Waals surface area (Å²) in [6, 6.07) is 20.8. The maximum atomic E-state index is 5.81. The van der Waals surface area contributed by atoms with Gasteiger partial charge in [-0.2, -0.15) is 0 Å². The van der Waals surface area contributed by atoms with E-state index in [2.05, 4.69) is 34.6 Å². The van der Waals surface area contributed by atoms with Gasteiger partial charge in [0.05, 0.1) is 6.61 Å². The number of rotatable bonds is 6. The average Bonchev–Trinajstić information content (AvgIpc) is 2.72. The largest absolute Gasteiger partial charge is 0.493 e. The highest BCUT2D eigenvalue weighted by atomic mass is 16.5. The van der Waals surface area contributed by atoms with Gasteiger partial charge in [-0.15, -0.1) is 0 Å². The zero-order valence-electron chi connectivity index (χ0n) is 14.6. The van der Waals surface area contributed by atoms with E-state index in [0.29, 0.717) is 12.6 Å². The van der Waals surface area contributed by atoms with Crippen LogP contribution in [0.5, 0.6) is 11.5 Å². The average molecular weight is 346 g/mol. The fourth-order valence-electron chi connectivity index (χ4n) is 3.15. The number of pyridine rings is 1. The van der Waals surface area contributed by atoms with Crippen molar-refractivity contribution in [3.05, 3.63) is 89.7 Å². The third kappa shape index (κ3) is 4.03. The predicted molar refractivity (Wildman–Crippen MR) is 101 cm³/mol. The van der Waals surface area contributed by atoms with Crippen LogP contribution in [0.25, 0.3) is 0 Å². The molecule has 1 atom stereocenters. The lowest BCUT2D eigenvalue weighted by atomic mass is 10.0. The molecule has 0 radical (unpaired) electrons. The van der Waals surface area contributed by atoms with Gasteiger partial charge in [0.25, 0.3) is 0 Å². The second-order valence-electron chi connectivity index (χ2n) is 6.40. The highest BCUT2D eigenvalue weighted by molar-refractivity contribution is 5.37. The zero-order chi connectivity index (χ0) is 17.6. The molecule has 3 aromatic rings. The van der Waals surface area contributed by atoms with Crippen molar-refractivity contribution in [3.63, 3.8) is 0 Å². The molecule has 1 aliphatic heterocycles. The number of hydrogen-bond donors (Lipinski definition) is 1. The van der Waals surface area contributed by atoms with E-state index in [9.17, 15) is 0 Å². The number of aromatic nitrogens is 1. The SMILES string of the molecule is c1cncc(COc2ccc(CNC3CCOc4ccccc43)cc2)c1. The van der Waals surface area contributed by atoms with Crippen LogP contribution in [0.4, 0.5) is 0 Å². The molecule has 0 saturated carbocycles. The highest BCUT2D eigenvalue weighted by Gasteiger charge is 2.20. The van der Waals surface area contributed by atoms with Crippen LogP contribution in [0, 0.1) is 0 Å². The van der Waals surface area contributed by atoms with Crippen molar-refractivity contribution in [3.8, 4) is 11.5 Å². The molecule has 1 aliphatic rings. The van der Waals surface area contributed by atoms with Crippen LogP contribution < -0.4 is 14.8 Å². The molecule has 26 heavy (non-hydrogen) atoms. The molecule has 2 heterocycles. The van der Waals surface area contributed by atoms with Crippen molar-refractivity contribution in [2.75, 3.05) is 6.61 Å². The molecule has 0 spiro atoms. The molecule has 0 fully saturated rings. The fraction of sp³-hybridized carbons (Fsp3) is 0.227. The van der Waals surface area contributed by atoms with E-state index < -0.39 is 0 Å². The number of ether oxygens (including phenoxy) is 2. The van der Waals surface area contributed by atoms with Crippen molar-refractivity contribution in [1.82, 2.24) is 10.3 Å². The Morgan fingerprint density at radius 3 is 2.73 bits per heavy atom. The van der Waals surface area contributed by atoms with Gasteiger partial charge in [-0.3, -0.25) is 4.98 Å². The van der Waals surface area contributed by atoms with E-state index in [-0.39, 0.29) is 0 Å². The van der Waals surface area contributed by atoms with Gasteiger partial charge in [-0.1, -0.05) is 36.4 Å². The monoisotopic (exact) mass is 346 g/mol. The number of para-hydroxylation sites is 1. The lowest BCUT2D eigenvalue weighted by molar-refractivity contribution is 0.252. The van der Waals surface area contributed by atoms with Gasteiger partial charge in [0.2, 0.25) is 0 Å². The molecule has 1 N–H and O–H groups in total. The van der Waals surface area contributed by atoms with E-state index in [1.165, 1.54) is 11.1 Å². The molecule has 1 unspecified atom stereocenters. The van der Waals surface area contributed by atoms with Crippen LogP contribution >= 0.6 is 0 Å². The summed E-state index contributed by atoms with van der Waals surface area (Å²) in [5, 5.41) is 3.64. The summed E-state index contributed by atoms with van der Waals surface area (Å²) in [4.78, 5) is 4.10. The first-order valence-corrected chi connectivity index (χ1v) is 8.94. The van der Waals surface area contributed by atoms with Crippen molar-refractivity contribution in [2.24, 2.45) is 0 Å². The molecule has 132 valence electrons. The predicted octanol–water partition coefficient (Wildman–Crippen LogP) is 4.27. The molecule has 0 bridgehead atoms. The summed E-state index contributed by atoms with van der Waals surface area (Å²) < 4.78 is 11.5. The molecule has 2 aromatic carbocycles. The van der Waals surface area contributed by atoms with E-state index in [0.717, 1.165) is 36.6 Å². The van der Waals surface area contributed by atoms with Gasteiger partial charge in [-0.25, -0.2) is 0 Å². The first-order chi connectivity index (χ1) is 12.9. The summed E-state index contributed by atoms with van der Waals surface area (Å²) in [5.41, 5.74) is 3.55. The molecule has 0 aliphatic carbocycles. The Kier molecular flexibility index (Phi) is 5.12. The lowest BCUT2D eigenvalue weighted by Gasteiger charge is -2.26. The van der Waals surface area contributed by atoms with Crippen LogP contribution in [-0.2, 0) is 13.2 Å². The topological polar surface area (TPSA) is 43.4 Å². The third-order valence-electron chi connectivity index (χ3n) is 4.56. The Labute approximate surface area is 153 Å².